The van der Waals surface area contributed by atoms with Gasteiger partial charge in [-0.1, -0.05) is 23.7 Å². The number of anilines is 2. The second kappa shape index (κ2) is 6.57. The fraction of sp³-hybridized carbons (Fsp3) is 0.333. The zero-order valence-corrected chi connectivity index (χ0v) is 12.8. The molecule has 2 aromatic rings. The minimum Gasteiger partial charge on any atom is -0.373 e. The van der Waals surface area contributed by atoms with Crippen molar-refractivity contribution in [1.82, 2.24) is 9.97 Å². The fourth-order valence-electron chi connectivity index (χ4n) is 2.02. The monoisotopic (exact) mass is 290 g/mol. The topological polar surface area (TPSA) is 49.8 Å². The zero-order valence-electron chi connectivity index (χ0n) is 12.0. The molecule has 0 aliphatic rings. The van der Waals surface area contributed by atoms with E-state index in [9.17, 15) is 0 Å². The highest BCUT2D eigenvalue weighted by molar-refractivity contribution is 6.30. The van der Waals surface area contributed by atoms with Crippen molar-refractivity contribution < 1.29 is 0 Å². The summed E-state index contributed by atoms with van der Waals surface area (Å²) in [4.78, 5) is 8.79. The Morgan fingerprint density at radius 2 is 1.70 bits per heavy atom. The molecule has 0 fully saturated rings. The molecule has 5 heteroatoms. The van der Waals surface area contributed by atoms with Gasteiger partial charge in [0.1, 0.15) is 17.5 Å². The van der Waals surface area contributed by atoms with E-state index in [1.807, 2.05) is 45.2 Å². The van der Waals surface area contributed by atoms with Gasteiger partial charge in [0.05, 0.1) is 0 Å². The molecule has 2 N–H and O–H groups in total. The molecule has 0 atom stereocenters. The van der Waals surface area contributed by atoms with Crippen LogP contribution in [-0.2, 0) is 6.42 Å². The van der Waals surface area contributed by atoms with Crippen molar-refractivity contribution in [3.8, 4) is 0 Å². The first-order valence-electron chi connectivity index (χ1n) is 6.61. The average Bonchev–Trinajstić information content (AvgIpc) is 2.44. The van der Waals surface area contributed by atoms with Gasteiger partial charge in [-0.3, -0.25) is 0 Å². The van der Waals surface area contributed by atoms with Gasteiger partial charge in [-0.15, -0.1) is 0 Å². The number of benzene rings is 1. The van der Waals surface area contributed by atoms with Gasteiger partial charge in [0, 0.05) is 24.2 Å². The average molecular weight is 291 g/mol. The quantitative estimate of drug-likeness (QED) is 0.885. The summed E-state index contributed by atoms with van der Waals surface area (Å²) in [6, 6.07) is 7.91. The molecule has 1 heterocycles. The van der Waals surface area contributed by atoms with E-state index < -0.39 is 0 Å². The summed E-state index contributed by atoms with van der Waals surface area (Å²) in [6.07, 6.45) is 0.925. The van der Waals surface area contributed by atoms with Crippen LogP contribution in [-0.4, -0.2) is 23.6 Å². The van der Waals surface area contributed by atoms with Gasteiger partial charge in [-0.2, -0.15) is 0 Å². The van der Waals surface area contributed by atoms with Gasteiger partial charge in [0.2, 0.25) is 0 Å². The van der Waals surface area contributed by atoms with E-state index in [1.54, 1.807) is 0 Å². The number of rotatable bonds is 5. The van der Waals surface area contributed by atoms with E-state index in [1.165, 1.54) is 5.56 Å². The van der Waals surface area contributed by atoms with E-state index in [0.29, 0.717) is 0 Å². The molecule has 0 bridgehead atoms. The summed E-state index contributed by atoms with van der Waals surface area (Å²) in [5.41, 5.74) is 2.29. The molecule has 2 rings (SSSR count). The molecule has 106 valence electrons. The number of nitrogens with zero attached hydrogens (tertiary/aromatic N) is 2. The minimum absolute atomic E-state index is 0.758. The number of nitrogens with one attached hydrogen (secondary N) is 2. The van der Waals surface area contributed by atoms with Crippen LogP contribution < -0.4 is 10.6 Å². The zero-order chi connectivity index (χ0) is 14.5. The van der Waals surface area contributed by atoms with Crippen molar-refractivity contribution in [2.45, 2.75) is 20.3 Å². The SMILES string of the molecule is CNc1nc(C)nc(NCCc2ccc(Cl)cc2)c1C. The highest BCUT2D eigenvalue weighted by Crippen LogP contribution is 2.19. The van der Waals surface area contributed by atoms with Gasteiger partial charge in [0.25, 0.3) is 0 Å². The Labute approximate surface area is 124 Å². The van der Waals surface area contributed by atoms with Crippen LogP contribution in [0.4, 0.5) is 11.6 Å². The Hall–Kier alpha value is -1.81. The van der Waals surface area contributed by atoms with E-state index in [0.717, 1.165) is 41.0 Å². The molecular weight excluding hydrogens is 272 g/mol. The van der Waals surface area contributed by atoms with Crippen LogP contribution in [0.15, 0.2) is 24.3 Å². The molecule has 0 saturated carbocycles. The maximum atomic E-state index is 5.87. The summed E-state index contributed by atoms with van der Waals surface area (Å²) in [5, 5.41) is 7.22. The van der Waals surface area contributed by atoms with Crippen LogP contribution in [0.25, 0.3) is 0 Å². The van der Waals surface area contributed by atoms with Crippen molar-refractivity contribution in [3.63, 3.8) is 0 Å². The Bertz CT molecular complexity index is 581. The lowest BCUT2D eigenvalue weighted by molar-refractivity contribution is 0.971. The third-order valence-corrected chi connectivity index (χ3v) is 3.37. The van der Waals surface area contributed by atoms with E-state index >= 15 is 0 Å². The normalized spacial score (nSPS) is 10.4. The number of hydrogen-bond acceptors (Lipinski definition) is 4. The van der Waals surface area contributed by atoms with Crippen molar-refractivity contribution in [2.75, 3.05) is 24.2 Å². The first kappa shape index (κ1) is 14.6. The van der Waals surface area contributed by atoms with Gasteiger partial charge in [-0.05, 0) is 38.0 Å². The second-order valence-corrected chi connectivity index (χ2v) is 5.08. The van der Waals surface area contributed by atoms with Crippen molar-refractivity contribution >= 4 is 23.2 Å². The van der Waals surface area contributed by atoms with Crippen molar-refractivity contribution in [2.24, 2.45) is 0 Å². The molecule has 0 saturated heterocycles. The summed E-state index contributed by atoms with van der Waals surface area (Å²) < 4.78 is 0. The smallest absolute Gasteiger partial charge is 0.134 e. The highest BCUT2D eigenvalue weighted by atomic mass is 35.5. The number of aromatic nitrogens is 2. The van der Waals surface area contributed by atoms with Crippen LogP contribution in [0.2, 0.25) is 5.02 Å². The number of aryl methyl sites for hydroxylation is 1. The molecule has 0 aliphatic carbocycles. The van der Waals surface area contributed by atoms with Crippen molar-refractivity contribution in [1.29, 1.82) is 0 Å². The maximum absolute atomic E-state index is 5.87. The van der Waals surface area contributed by atoms with Gasteiger partial charge >= 0.3 is 0 Å². The minimum atomic E-state index is 0.758. The van der Waals surface area contributed by atoms with Crippen LogP contribution in [0, 0.1) is 13.8 Å². The lowest BCUT2D eigenvalue weighted by atomic mass is 10.1. The van der Waals surface area contributed by atoms with Crippen molar-refractivity contribution in [3.05, 3.63) is 46.2 Å². The predicted molar refractivity (Wildman–Crippen MR) is 84.7 cm³/mol. The van der Waals surface area contributed by atoms with Gasteiger partial charge in [0.15, 0.2) is 0 Å². The molecule has 0 radical (unpaired) electrons. The Kier molecular flexibility index (Phi) is 4.79. The summed E-state index contributed by atoms with van der Waals surface area (Å²) in [6.45, 7) is 4.72. The fourth-order valence-corrected chi connectivity index (χ4v) is 2.15. The lowest BCUT2D eigenvalue weighted by Crippen LogP contribution is -2.11. The van der Waals surface area contributed by atoms with Gasteiger partial charge < -0.3 is 10.6 Å². The van der Waals surface area contributed by atoms with Gasteiger partial charge in [-0.25, -0.2) is 9.97 Å². The van der Waals surface area contributed by atoms with E-state index in [4.69, 9.17) is 11.6 Å². The number of halogens is 1. The third kappa shape index (κ3) is 3.61. The molecule has 4 nitrogen and oxygen atoms in total. The van der Waals surface area contributed by atoms with Crippen LogP contribution in [0.1, 0.15) is 17.0 Å². The maximum Gasteiger partial charge on any atom is 0.134 e. The molecule has 0 unspecified atom stereocenters. The number of hydrogen-bond donors (Lipinski definition) is 2. The summed E-state index contributed by atoms with van der Waals surface area (Å²) in [5.74, 6) is 2.51. The van der Waals surface area contributed by atoms with Crippen LogP contribution in [0.3, 0.4) is 0 Å². The standard InChI is InChI=1S/C15H19ClN4/c1-10-14(17-3)19-11(2)20-15(10)18-9-8-12-4-6-13(16)7-5-12/h4-7H,8-9H2,1-3H3,(H2,17,18,19,20). The first-order valence-corrected chi connectivity index (χ1v) is 6.99. The largest absolute Gasteiger partial charge is 0.373 e. The Morgan fingerprint density at radius 1 is 1.05 bits per heavy atom. The molecule has 0 amide bonds. The summed E-state index contributed by atoms with van der Waals surface area (Å²) in [7, 11) is 1.87. The van der Waals surface area contributed by atoms with E-state index in [-0.39, 0.29) is 0 Å². The molecule has 1 aromatic carbocycles. The highest BCUT2D eigenvalue weighted by Gasteiger charge is 2.07. The Morgan fingerprint density at radius 3 is 2.35 bits per heavy atom. The predicted octanol–water partition coefficient (Wildman–Crippen LogP) is 3.44. The second-order valence-electron chi connectivity index (χ2n) is 4.65. The molecular formula is C15H19ClN4. The third-order valence-electron chi connectivity index (χ3n) is 3.11. The molecule has 20 heavy (non-hydrogen) atoms. The molecule has 0 aliphatic heterocycles. The molecule has 0 spiro atoms. The van der Waals surface area contributed by atoms with Crippen LogP contribution in [0.5, 0.6) is 0 Å². The van der Waals surface area contributed by atoms with E-state index in [2.05, 4.69) is 20.6 Å². The Balaban J connectivity index is 2.00. The first-order chi connectivity index (χ1) is 9.60. The molecule has 1 aromatic heterocycles. The summed E-state index contributed by atoms with van der Waals surface area (Å²) >= 11 is 5.87. The van der Waals surface area contributed by atoms with Crippen LogP contribution >= 0.6 is 11.6 Å². The lowest BCUT2D eigenvalue weighted by Gasteiger charge is -2.12.